The Bertz CT molecular complexity index is 776. The van der Waals surface area contributed by atoms with Gasteiger partial charge >= 0.3 is 0 Å². The molecule has 1 amide bonds. The van der Waals surface area contributed by atoms with Crippen LogP contribution in [0.25, 0.3) is 0 Å². The van der Waals surface area contributed by atoms with Crippen molar-refractivity contribution in [1.82, 2.24) is 5.32 Å². The Morgan fingerprint density at radius 2 is 1.92 bits per heavy atom. The van der Waals surface area contributed by atoms with E-state index in [9.17, 15) is 9.90 Å². The van der Waals surface area contributed by atoms with Gasteiger partial charge in [0.15, 0.2) is 0 Å². The first kappa shape index (κ1) is 20.3. The number of benzene rings is 2. The molecular formula is C20H22Cl2N2O2. The first-order chi connectivity index (χ1) is 12.4. The minimum absolute atomic E-state index is 0.0734. The van der Waals surface area contributed by atoms with E-state index in [-0.39, 0.29) is 17.7 Å². The van der Waals surface area contributed by atoms with Crippen molar-refractivity contribution in [3.05, 3.63) is 58.1 Å². The fourth-order valence-electron chi connectivity index (χ4n) is 2.31. The van der Waals surface area contributed by atoms with E-state index in [1.165, 1.54) is 6.07 Å². The summed E-state index contributed by atoms with van der Waals surface area (Å²) in [5, 5.41) is 13.5. The van der Waals surface area contributed by atoms with Gasteiger partial charge in [-0.2, -0.15) is 0 Å². The molecule has 0 saturated carbocycles. The summed E-state index contributed by atoms with van der Waals surface area (Å²) in [4.78, 5) is 17.1. The van der Waals surface area contributed by atoms with E-state index >= 15 is 0 Å². The van der Waals surface area contributed by atoms with Gasteiger partial charge in [-0.05, 0) is 61.7 Å². The zero-order valence-electron chi connectivity index (χ0n) is 14.7. The second-order valence-electron chi connectivity index (χ2n) is 6.16. The average molecular weight is 393 g/mol. The van der Waals surface area contributed by atoms with Crippen LogP contribution in [0.1, 0.15) is 25.8 Å². The van der Waals surface area contributed by atoms with Gasteiger partial charge in [-0.25, -0.2) is 0 Å². The highest BCUT2D eigenvalue weighted by Crippen LogP contribution is 2.24. The standard InChI is InChI=1S/C20H22Cl2N2O2/c1-3-13(2)24-20(26)15(10-14-4-9-18(25)11-19(14)22)12-23-17-7-5-16(21)6-8-17/h4-9,11-13,15,25H,3,10H2,1-2H3,(H,24,26). The molecule has 0 spiro atoms. The molecule has 2 N–H and O–H groups in total. The lowest BCUT2D eigenvalue weighted by Gasteiger charge is -2.17. The first-order valence-electron chi connectivity index (χ1n) is 8.46. The van der Waals surface area contributed by atoms with Crippen LogP contribution in [-0.4, -0.2) is 23.3 Å². The van der Waals surface area contributed by atoms with Crippen LogP contribution >= 0.6 is 23.2 Å². The highest BCUT2D eigenvalue weighted by Gasteiger charge is 2.20. The van der Waals surface area contributed by atoms with E-state index in [1.807, 2.05) is 13.8 Å². The van der Waals surface area contributed by atoms with E-state index in [1.54, 1.807) is 42.6 Å². The molecule has 0 fully saturated rings. The number of hydrogen-bond donors (Lipinski definition) is 2. The van der Waals surface area contributed by atoms with Crippen LogP contribution in [0.15, 0.2) is 47.5 Å². The molecule has 0 aromatic heterocycles. The van der Waals surface area contributed by atoms with Gasteiger partial charge in [0, 0.05) is 22.3 Å². The third-order valence-electron chi connectivity index (χ3n) is 4.04. The van der Waals surface area contributed by atoms with Gasteiger partial charge in [0.2, 0.25) is 5.91 Å². The van der Waals surface area contributed by atoms with Crippen molar-refractivity contribution in [2.45, 2.75) is 32.7 Å². The number of nitrogens with zero attached hydrogens (tertiary/aromatic N) is 1. The summed E-state index contributed by atoms with van der Waals surface area (Å²) < 4.78 is 0. The van der Waals surface area contributed by atoms with E-state index in [0.717, 1.165) is 12.0 Å². The van der Waals surface area contributed by atoms with E-state index in [2.05, 4.69) is 10.3 Å². The predicted molar refractivity (Wildman–Crippen MR) is 108 cm³/mol. The van der Waals surface area contributed by atoms with Gasteiger partial charge in [0.1, 0.15) is 5.75 Å². The van der Waals surface area contributed by atoms with Crippen molar-refractivity contribution in [3.63, 3.8) is 0 Å². The SMILES string of the molecule is CCC(C)NC(=O)C(C=Nc1ccc(Cl)cc1)Cc1ccc(O)cc1Cl. The number of nitrogens with one attached hydrogen (secondary N) is 1. The van der Waals surface area contributed by atoms with Gasteiger partial charge in [0.05, 0.1) is 11.6 Å². The van der Waals surface area contributed by atoms with Crippen LogP contribution in [0.4, 0.5) is 5.69 Å². The number of rotatable bonds is 7. The number of aromatic hydroxyl groups is 1. The molecule has 0 aliphatic rings. The molecule has 2 aromatic carbocycles. The molecule has 2 atom stereocenters. The number of carbonyl (C=O) groups excluding carboxylic acids is 1. The number of phenols is 1. The maximum absolute atomic E-state index is 12.7. The van der Waals surface area contributed by atoms with Crippen LogP contribution < -0.4 is 5.32 Å². The molecule has 2 aromatic rings. The molecule has 0 radical (unpaired) electrons. The smallest absolute Gasteiger partial charge is 0.229 e. The lowest BCUT2D eigenvalue weighted by molar-refractivity contribution is -0.123. The lowest BCUT2D eigenvalue weighted by atomic mass is 9.98. The monoisotopic (exact) mass is 392 g/mol. The number of hydrogen-bond acceptors (Lipinski definition) is 3. The first-order valence-corrected chi connectivity index (χ1v) is 9.22. The molecule has 0 aliphatic heterocycles. The number of halogens is 2. The fourth-order valence-corrected chi connectivity index (χ4v) is 2.68. The molecule has 2 rings (SSSR count). The third-order valence-corrected chi connectivity index (χ3v) is 4.65. The van der Waals surface area contributed by atoms with Crippen LogP contribution in [0.2, 0.25) is 10.0 Å². The zero-order chi connectivity index (χ0) is 19.1. The van der Waals surface area contributed by atoms with E-state index in [4.69, 9.17) is 23.2 Å². The Labute approximate surface area is 163 Å². The largest absolute Gasteiger partial charge is 0.508 e. The van der Waals surface area contributed by atoms with Crippen LogP contribution in [0.3, 0.4) is 0 Å². The molecule has 4 nitrogen and oxygen atoms in total. The Kier molecular flexibility index (Phi) is 7.49. The summed E-state index contributed by atoms with van der Waals surface area (Å²) in [7, 11) is 0. The minimum atomic E-state index is -0.485. The number of amides is 1. The molecule has 2 unspecified atom stereocenters. The Hall–Kier alpha value is -2.04. The highest BCUT2D eigenvalue weighted by atomic mass is 35.5. The maximum Gasteiger partial charge on any atom is 0.229 e. The minimum Gasteiger partial charge on any atom is -0.508 e. The van der Waals surface area contributed by atoms with Crippen molar-refractivity contribution in [2.75, 3.05) is 0 Å². The summed E-state index contributed by atoms with van der Waals surface area (Å²) in [5.74, 6) is -0.503. The van der Waals surface area contributed by atoms with E-state index < -0.39 is 5.92 Å². The highest BCUT2D eigenvalue weighted by molar-refractivity contribution is 6.31. The molecule has 0 heterocycles. The van der Waals surface area contributed by atoms with Crippen molar-refractivity contribution in [3.8, 4) is 5.75 Å². The molecule has 26 heavy (non-hydrogen) atoms. The molecule has 0 aliphatic carbocycles. The van der Waals surface area contributed by atoms with Crippen LogP contribution in [-0.2, 0) is 11.2 Å². The quantitative estimate of drug-likeness (QED) is 0.637. The summed E-state index contributed by atoms with van der Waals surface area (Å²) in [6.07, 6.45) is 2.86. The third kappa shape index (κ3) is 6.04. The van der Waals surface area contributed by atoms with Gasteiger partial charge in [-0.1, -0.05) is 36.2 Å². The molecular weight excluding hydrogens is 371 g/mol. The number of phenolic OH excluding ortho intramolecular Hbond substituents is 1. The average Bonchev–Trinajstić information content (AvgIpc) is 2.61. The maximum atomic E-state index is 12.7. The van der Waals surface area contributed by atoms with Gasteiger partial charge in [-0.15, -0.1) is 0 Å². The molecule has 138 valence electrons. The summed E-state index contributed by atoms with van der Waals surface area (Å²) in [5.41, 5.74) is 1.49. The topological polar surface area (TPSA) is 61.7 Å². The van der Waals surface area contributed by atoms with E-state index in [0.29, 0.717) is 22.2 Å². The van der Waals surface area contributed by atoms with Gasteiger partial charge in [0.25, 0.3) is 0 Å². The van der Waals surface area contributed by atoms with Crippen molar-refractivity contribution in [1.29, 1.82) is 0 Å². The summed E-state index contributed by atoms with van der Waals surface area (Å²) in [6, 6.07) is 11.9. The molecule has 6 heteroatoms. The van der Waals surface area contributed by atoms with Crippen molar-refractivity contribution < 1.29 is 9.90 Å². The van der Waals surface area contributed by atoms with Crippen LogP contribution in [0, 0.1) is 5.92 Å². The summed E-state index contributed by atoms with van der Waals surface area (Å²) in [6.45, 7) is 3.97. The second-order valence-corrected chi connectivity index (χ2v) is 7.00. The fraction of sp³-hybridized carbons (Fsp3) is 0.300. The molecule has 0 bridgehead atoms. The predicted octanol–water partition coefficient (Wildman–Crippen LogP) is 5.17. The number of aliphatic imine (C=N–C) groups is 1. The Morgan fingerprint density at radius 1 is 1.23 bits per heavy atom. The summed E-state index contributed by atoms with van der Waals surface area (Å²) >= 11 is 12.1. The van der Waals surface area contributed by atoms with Crippen LogP contribution in [0.5, 0.6) is 5.75 Å². The second kappa shape index (κ2) is 9.60. The van der Waals surface area contributed by atoms with Gasteiger partial charge in [-0.3, -0.25) is 9.79 Å². The van der Waals surface area contributed by atoms with Crippen molar-refractivity contribution in [2.24, 2.45) is 10.9 Å². The lowest BCUT2D eigenvalue weighted by Crippen LogP contribution is -2.38. The molecule has 0 saturated heterocycles. The number of carbonyl (C=O) groups is 1. The van der Waals surface area contributed by atoms with Gasteiger partial charge < -0.3 is 10.4 Å². The Morgan fingerprint density at radius 3 is 2.54 bits per heavy atom. The Balaban J connectivity index is 2.22. The zero-order valence-corrected chi connectivity index (χ0v) is 16.3. The van der Waals surface area contributed by atoms with Crippen molar-refractivity contribution >= 4 is 41.0 Å². The normalized spacial score (nSPS) is 13.5.